The van der Waals surface area contributed by atoms with Crippen molar-refractivity contribution in [2.45, 2.75) is 19.4 Å². The first kappa shape index (κ1) is 16.7. The molecule has 1 fully saturated rings. The molecule has 7 nitrogen and oxygen atoms in total. The van der Waals surface area contributed by atoms with E-state index in [0.717, 1.165) is 36.4 Å². The van der Waals surface area contributed by atoms with Gasteiger partial charge in [-0.3, -0.25) is 14.6 Å². The highest BCUT2D eigenvalue weighted by atomic mass is 16.2. The third-order valence-electron chi connectivity index (χ3n) is 4.64. The van der Waals surface area contributed by atoms with Gasteiger partial charge in [-0.15, -0.1) is 0 Å². The lowest BCUT2D eigenvalue weighted by atomic mass is 10.1. The number of benzene rings is 1. The van der Waals surface area contributed by atoms with E-state index >= 15 is 0 Å². The van der Waals surface area contributed by atoms with Crippen LogP contribution in [0.1, 0.15) is 12.5 Å². The summed E-state index contributed by atoms with van der Waals surface area (Å²) in [6.45, 7) is 5.59. The standard InChI is InChI=1S/C17H25N5O2/c1-3-19-17(24)22-8-6-12-4-5-13(10-14(12)22)20-16(23)15-11-18-7-9-21(15)2/h4-5,10,15,18H,3,6-9,11H2,1-2H3,(H,19,24)(H,20,23). The molecule has 0 aliphatic carbocycles. The van der Waals surface area contributed by atoms with E-state index in [2.05, 4.69) is 20.9 Å². The van der Waals surface area contributed by atoms with Crippen molar-refractivity contribution in [3.63, 3.8) is 0 Å². The summed E-state index contributed by atoms with van der Waals surface area (Å²) in [4.78, 5) is 28.4. The quantitative estimate of drug-likeness (QED) is 0.759. The van der Waals surface area contributed by atoms with Crippen molar-refractivity contribution < 1.29 is 9.59 Å². The highest BCUT2D eigenvalue weighted by Crippen LogP contribution is 2.31. The van der Waals surface area contributed by atoms with Crippen LogP contribution in [-0.4, -0.2) is 62.7 Å². The average Bonchev–Trinajstić information content (AvgIpc) is 2.98. The average molecular weight is 331 g/mol. The second-order valence-corrected chi connectivity index (χ2v) is 6.27. The molecule has 1 atom stereocenters. The predicted octanol–water partition coefficient (Wildman–Crippen LogP) is 0.621. The Labute approximate surface area is 142 Å². The summed E-state index contributed by atoms with van der Waals surface area (Å²) in [5, 5.41) is 9.06. The van der Waals surface area contributed by atoms with Gasteiger partial charge >= 0.3 is 6.03 Å². The fourth-order valence-electron chi connectivity index (χ4n) is 3.24. The summed E-state index contributed by atoms with van der Waals surface area (Å²) in [6.07, 6.45) is 0.843. The van der Waals surface area contributed by atoms with Crippen LogP contribution in [0.4, 0.5) is 16.2 Å². The molecule has 24 heavy (non-hydrogen) atoms. The van der Waals surface area contributed by atoms with Crippen molar-refractivity contribution in [3.8, 4) is 0 Å². The Kier molecular flexibility index (Phi) is 5.01. The monoisotopic (exact) mass is 331 g/mol. The van der Waals surface area contributed by atoms with Gasteiger partial charge < -0.3 is 16.0 Å². The Morgan fingerprint density at radius 3 is 2.92 bits per heavy atom. The first-order valence-corrected chi connectivity index (χ1v) is 8.50. The minimum atomic E-state index is -0.175. The number of anilines is 2. The number of fused-ring (bicyclic) bond motifs is 1. The molecule has 3 N–H and O–H groups in total. The van der Waals surface area contributed by atoms with Gasteiger partial charge in [-0.05, 0) is 38.1 Å². The van der Waals surface area contributed by atoms with Crippen LogP contribution in [0.2, 0.25) is 0 Å². The molecule has 0 aromatic heterocycles. The van der Waals surface area contributed by atoms with Gasteiger partial charge in [0.2, 0.25) is 5.91 Å². The summed E-state index contributed by atoms with van der Waals surface area (Å²) >= 11 is 0. The summed E-state index contributed by atoms with van der Waals surface area (Å²) < 4.78 is 0. The minimum absolute atomic E-state index is 0.0211. The highest BCUT2D eigenvalue weighted by molar-refractivity contribution is 5.98. The van der Waals surface area contributed by atoms with Gasteiger partial charge in [0, 0.05) is 38.4 Å². The van der Waals surface area contributed by atoms with Crippen LogP contribution in [0.15, 0.2) is 18.2 Å². The second-order valence-electron chi connectivity index (χ2n) is 6.27. The SMILES string of the molecule is CCNC(=O)N1CCc2ccc(NC(=O)C3CNCCN3C)cc21. The number of amides is 3. The van der Waals surface area contributed by atoms with E-state index in [1.54, 1.807) is 4.90 Å². The highest BCUT2D eigenvalue weighted by Gasteiger charge is 2.27. The number of carbonyl (C=O) groups excluding carboxylic acids is 2. The molecule has 7 heteroatoms. The fraction of sp³-hybridized carbons (Fsp3) is 0.529. The number of nitrogens with one attached hydrogen (secondary N) is 3. The zero-order valence-corrected chi connectivity index (χ0v) is 14.3. The lowest BCUT2D eigenvalue weighted by molar-refractivity contribution is -0.121. The van der Waals surface area contributed by atoms with E-state index in [-0.39, 0.29) is 18.0 Å². The van der Waals surface area contributed by atoms with Crippen LogP contribution in [0, 0.1) is 0 Å². The van der Waals surface area contributed by atoms with Crippen molar-refractivity contribution in [1.82, 2.24) is 15.5 Å². The molecular weight excluding hydrogens is 306 g/mol. The van der Waals surface area contributed by atoms with E-state index in [0.29, 0.717) is 19.6 Å². The van der Waals surface area contributed by atoms with Crippen molar-refractivity contribution >= 4 is 23.3 Å². The molecule has 130 valence electrons. The molecule has 1 saturated heterocycles. The summed E-state index contributed by atoms with van der Waals surface area (Å²) in [5.41, 5.74) is 2.75. The van der Waals surface area contributed by atoms with Crippen LogP contribution < -0.4 is 20.9 Å². The van der Waals surface area contributed by atoms with Gasteiger partial charge in [0.25, 0.3) is 0 Å². The number of urea groups is 1. The van der Waals surface area contributed by atoms with Gasteiger partial charge in [-0.25, -0.2) is 4.79 Å². The normalized spacial score (nSPS) is 20.6. The number of carbonyl (C=O) groups is 2. The third-order valence-corrected chi connectivity index (χ3v) is 4.64. The molecule has 0 bridgehead atoms. The Morgan fingerprint density at radius 1 is 1.33 bits per heavy atom. The summed E-state index contributed by atoms with van der Waals surface area (Å²) in [5.74, 6) is -0.0211. The van der Waals surface area contributed by atoms with Crippen LogP contribution in [0.25, 0.3) is 0 Å². The molecule has 2 aliphatic rings. The molecule has 0 spiro atoms. The fourth-order valence-corrected chi connectivity index (χ4v) is 3.24. The van der Waals surface area contributed by atoms with Crippen LogP contribution in [0.3, 0.4) is 0 Å². The Hall–Kier alpha value is -2.12. The Morgan fingerprint density at radius 2 is 2.17 bits per heavy atom. The number of hydrogen-bond acceptors (Lipinski definition) is 4. The zero-order valence-electron chi connectivity index (χ0n) is 14.3. The summed E-state index contributed by atoms with van der Waals surface area (Å²) in [6, 6.07) is 5.54. The molecular formula is C17H25N5O2. The van der Waals surface area contributed by atoms with Crippen molar-refractivity contribution in [2.75, 3.05) is 50.0 Å². The zero-order chi connectivity index (χ0) is 17.1. The van der Waals surface area contributed by atoms with Gasteiger partial charge in [0.1, 0.15) is 6.04 Å². The molecule has 0 radical (unpaired) electrons. The number of nitrogens with zero attached hydrogens (tertiary/aromatic N) is 2. The molecule has 1 aromatic carbocycles. The van der Waals surface area contributed by atoms with Crippen molar-refractivity contribution in [2.24, 2.45) is 0 Å². The smallest absolute Gasteiger partial charge is 0.321 e. The predicted molar refractivity (Wildman–Crippen MR) is 94.5 cm³/mol. The third kappa shape index (κ3) is 3.37. The Bertz CT molecular complexity index is 633. The van der Waals surface area contributed by atoms with Gasteiger partial charge in [-0.1, -0.05) is 6.07 Å². The van der Waals surface area contributed by atoms with Crippen LogP contribution in [-0.2, 0) is 11.2 Å². The van der Waals surface area contributed by atoms with E-state index in [1.807, 2.05) is 32.2 Å². The van der Waals surface area contributed by atoms with Crippen LogP contribution in [0.5, 0.6) is 0 Å². The maximum atomic E-state index is 12.5. The maximum absolute atomic E-state index is 12.5. The van der Waals surface area contributed by atoms with Gasteiger partial charge in [0.15, 0.2) is 0 Å². The number of piperazine rings is 1. The van der Waals surface area contributed by atoms with Crippen LogP contribution >= 0.6 is 0 Å². The van der Waals surface area contributed by atoms with E-state index in [9.17, 15) is 9.59 Å². The number of rotatable bonds is 3. The van der Waals surface area contributed by atoms with Crippen molar-refractivity contribution in [3.05, 3.63) is 23.8 Å². The maximum Gasteiger partial charge on any atom is 0.321 e. The largest absolute Gasteiger partial charge is 0.338 e. The van der Waals surface area contributed by atoms with Gasteiger partial charge in [0.05, 0.1) is 5.69 Å². The first-order chi connectivity index (χ1) is 11.6. The number of hydrogen-bond donors (Lipinski definition) is 3. The topological polar surface area (TPSA) is 76.7 Å². The molecule has 3 amide bonds. The molecule has 1 unspecified atom stereocenters. The molecule has 2 aliphatic heterocycles. The number of likely N-dealkylation sites (N-methyl/N-ethyl adjacent to an activating group) is 1. The minimum Gasteiger partial charge on any atom is -0.338 e. The van der Waals surface area contributed by atoms with Gasteiger partial charge in [-0.2, -0.15) is 0 Å². The second kappa shape index (κ2) is 7.19. The molecule has 1 aromatic rings. The van der Waals surface area contributed by atoms with Crippen molar-refractivity contribution in [1.29, 1.82) is 0 Å². The lowest BCUT2D eigenvalue weighted by Crippen LogP contribution is -2.54. The molecule has 3 rings (SSSR count). The lowest BCUT2D eigenvalue weighted by Gasteiger charge is -2.31. The Balaban J connectivity index is 1.73. The summed E-state index contributed by atoms with van der Waals surface area (Å²) in [7, 11) is 1.96. The first-order valence-electron chi connectivity index (χ1n) is 8.50. The molecule has 0 saturated carbocycles. The van der Waals surface area contributed by atoms with E-state index in [1.165, 1.54) is 0 Å². The van der Waals surface area contributed by atoms with E-state index in [4.69, 9.17) is 0 Å². The van der Waals surface area contributed by atoms with E-state index < -0.39 is 0 Å². The molecule has 2 heterocycles.